The Kier molecular flexibility index (Phi) is 2.61. The Bertz CT molecular complexity index is 573. The summed E-state index contributed by atoms with van der Waals surface area (Å²) in [7, 11) is 0. The lowest BCUT2D eigenvalue weighted by Gasteiger charge is -2.04. The molecule has 1 aromatic heterocycles. The first kappa shape index (κ1) is 10.2. The van der Waals surface area contributed by atoms with Crippen molar-refractivity contribution in [3.63, 3.8) is 0 Å². The fourth-order valence-electron chi connectivity index (χ4n) is 1.42. The summed E-state index contributed by atoms with van der Waals surface area (Å²) in [6, 6.07) is 7.20. The fourth-order valence-corrected chi connectivity index (χ4v) is 1.42. The Morgan fingerprint density at radius 3 is 2.69 bits per heavy atom. The van der Waals surface area contributed by atoms with Crippen molar-refractivity contribution in [3.8, 4) is 17.2 Å². The van der Waals surface area contributed by atoms with E-state index >= 15 is 0 Å². The van der Waals surface area contributed by atoms with Crippen LogP contribution in [0.15, 0.2) is 36.7 Å². The van der Waals surface area contributed by atoms with Crippen LogP contribution in [0.2, 0.25) is 0 Å². The average Bonchev–Trinajstić information content (AvgIpc) is 2.33. The van der Waals surface area contributed by atoms with Crippen LogP contribution in [0.3, 0.4) is 0 Å². The van der Waals surface area contributed by atoms with Crippen molar-refractivity contribution in [2.75, 3.05) is 0 Å². The molecule has 0 N–H and O–H groups in total. The number of benzene rings is 1. The first-order valence-electron chi connectivity index (χ1n) is 4.52. The molecule has 1 heterocycles. The maximum atomic E-state index is 13.5. The predicted molar refractivity (Wildman–Crippen MR) is 54.3 cm³/mol. The standard InChI is InChI=1S/C12H6F2N2/c13-11-3-1-2-9(12(11)14)10-7-16-5-4-8(10)6-15/h1-5,7H. The van der Waals surface area contributed by atoms with Gasteiger partial charge in [0.2, 0.25) is 0 Å². The number of hydrogen-bond donors (Lipinski definition) is 0. The molecule has 0 saturated carbocycles. The van der Waals surface area contributed by atoms with E-state index in [-0.39, 0.29) is 11.1 Å². The van der Waals surface area contributed by atoms with E-state index in [0.717, 1.165) is 6.07 Å². The zero-order chi connectivity index (χ0) is 11.5. The monoisotopic (exact) mass is 216 g/mol. The van der Waals surface area contributed by atoms with Crippen molar-refractivity contribution in [2.24, 2.45) is 0 Å². The van der Waals surface area contributed by atoms with Gasteiger partial charge in [-0.1, -0.05) is 12.1 Å². The lowest BCUT2D eigenvalue weighted by atomic mass is 10.0. The van der Waals surface area contributed by atoms with Crippen molar-refractivity contribution in [3.05, 3.63) is 53.9 Å². The molecule has 0 radical (unpaired) electrons. The molecule has 0 aliphatic carbocycles. The molecule has 78 valence electrons. The number of rotatable bonds is 1. The van der Waals surface area contributed by atoms with Gasteiger partial charge in [0.05, 0.1) is 11.6 Å². The zero-order valence-electron chi connectivity index (χ0n) is 8.11. The van der Waals surface area contributed by atoms with Crippen LogP contribution in [0, 0.1) is 23.0 Å². The minimum absolute atomic E-state index is 0.0460. The van der Waals surface area contributed by atoms with Crippen LogP contribution in [0.5, 0.6) is 0 Å². The molecule has 0 fully saturated rings. The van der Waals surface area contributed by atoms with E-state index in [1.165, 1.54) is 30.6 Å². The number of halogens is 2. The summed E-state index contributed by atoms with van der Waals surface area (Å²) < 4.78 is 26.5. The number of nitriles is 1. The van der Waals surface area contributed by atoms with E-state index in [9.17, 15) is 8.78 Å². The number of nitrogens with zero attached hydrogens (tertiary/aromatic N) is 2. The molecule has 0 aliphatic rings. The second-order valence-corrected chi connectivity index (χ2v) is 3.13. The van der Waals surface area contributed by atoms with Crippen LogP contribution >= 0.6 is 0 Å². The summed E-state index contributed by atoms with van der Waals surface area (Å²) in [4.78, 5) is 3.80. The van der Waals surface area contributed by atoms with Gasteiger partial charge < -0.3 is 0 Å². The topological polar surface area (TPSA) is 36.7 Å². The fraction of sp³-hybridized carbons (Fsp3) is 0. The normalized spacial score (nSPS) is 9.81. The lowest BCUT2D eigenvalue weighted by molar-refractivity contribution is 0.511. The van der Waals surface area contributed by atoms with Crippen molar-refractivity contribution in [1.29, 1.82) is 5.26 Å². The Labute approximate surface area is 90.8 Å². The SMILES string of the molecule is N#Cc1ccncc1-c1cccc(F)c1F. The Morgan fingerprint density at radius 1 is 1.12 bits per heavy atom. The van der Waals surface area contributed by atoms with Crippen LogP contribution in [0.4, 0.5) is 8.78 Å². The van der Waals surface area contributed by atoms with E-state index in [2.05, 4.69) is 4.98 Å². The third-order valence-corrected chi connectivity index (χ3v) is 2.18. The molecular formula is C12H6F2N2. The Balaban J connectivity index is 2.69. The Morgan fingerprint density at radius 2 is 1.94 bits per heavy atom. The van der Waals surface area contributed by atoms with Crippen molar-refractivity contribution >= 4 is 0 Å². The minimum atomic E-state index is -0.966. The highest BCUT2D eigenvalue weighted by molar-refractivity contribution is 5.69. The zero-order valence-corrected chi connectivity index (χ0v) is 8.11. The minimum Gasteiger partial charge on any atom is -0.264 e. The molecule has 0 bridgehead atoms. The molecule has 2 rings (SSSR count). The molecule has 0 spiro atoms. The molecule has 1 aromatic carbocycles. The summed E-state index contributed by atoms with van der Waals surface area (Å²) in [6.07, 6.45) is 2.77. The molecule has 16 heavy (non-hydrogen) atoms. The van der Waals surface area contributed by atoms with E-state index in [1.54, 1.807) is 0 Å². The van der Waals surface area contributed by atoms with Crippen LogP contribution in [-0.2, 0) is 0 Å². The van der Waals surface area contributed by atoms with Crippen LogP contribution in [-0.4, -0.2) is 4.98 Å². The van der Waals surface area contributed by atoms with Gasteiger partial charge in [0, 0.05) is 23.5 Å². The van der Waals surface area contributed by atoms with E-state index in [4.69, 9.17) is 5.26 Å². The number of aromatic nitrogens is 1. The molecule has 0 amide bonds. The highest BCUT2D eigenvalue weighted by atomic mass is 19.2. The molecule has 0 unspecified atom stereocenters. The van der Waals surface area contributed by atoms with Gasteiger partial charge in [0.15, 0.2) is 11.6 Å². The summed E-state index contributed by atoms with van der Waals surface area (Å²) in [5.41, 5.74) is 0.603. The maximum absolute atomic E-state index is 13.5. The molecule has 0 atom stereocenters. The summed E-state index contributed by atoms with van der Waals surface area (Å²) >= 11 is 0. The summed E-state index contributed by atoms with van der Waals surface area (Å²) in [6.45, 7) is 0. The third kappa shape index (κ3) is 1.63. The van der Waals surface area contributed by atoms with Gasteiger partial charge in [-0.2, -0.15) is 5.26 Å². The van der Waals surface area contributed by atoms with Gasteiger partial charge in [-0.3, -0.25) is 4.98 Å². The first-order chi connectivity index (χ1) is 7.74. The van der Waals surface area contributed by atoms with Gasteiger partial charge in [-0.05, 0) is 12.1 Å². The van der Waals surface area contributed by atoms with Gasteiger partial charge in [-0.15, -0.1) is 0 Å². The largest absolute Gasteiger partial charge is 0.264 e. The first-order valence-corrected chi connectivity index (χ1v) is 4.52. The maximum Gasteiger partial charge on any atom is 0.166 e. The highest BCUT2D eigenvalue weighted by Crippen LogP contribution is 2.26. The molecular weight excluding hydrogens is 210 g/mol. The van der Waals surface area contributed by atoms with Gasteiger partial charge in [-0.25, -0.2) is 8.78 Å². The number of hydrogen-bond acceptors (Lipinski definition) is 2. The van der Waals surface area contributed by atoms with Crippen molar-refractivity contribution in [2.45, 2.75) is 0 Å². The predicted octanol–water partition coefficient (Wildman–Crippen LogP) is 2.90. The molecule has 0 aliphatic heterocycles. The van der Waals surface area contributed by atoms with Crippen molar-refractivity contribution in [1.82, 2.24) is 4.98 Å². The van der Waals surface area contributed by atoms with Crippen LogP contribution in [0.25, 0.3) is 11.1 Å². The third-order valence-electron chi connectivity index (χ3n) is 2.18. The van der Waals surface area contributed by atoms with Gasteiger partial charge in [0.25, 0.3) is 0 Å². The molecule has 0 saturated heterocycles. The average molecular weight is 216 g/mol. The van der Waals surface area contributed by atoms with Gasteiger partial charge >= 0.3 is 0 Å². The van der Waals surface area contributed by atoms with Crippen molar-refractivity contribution < 1.29 is 8.78 Å². The second-order valence-electron chi connectivity index (χ2n) is 3.13. The quantitative estimate of drug-likeness (QED) is 0.734. The van der Waals surface area contributed by atoms with Crippen LogP contribution < -0.4 is 0 Å². The molecule has 2 aromatic rings. The lowest BCUT2D eigenvalue weighted by Crippen LogP contribution is -1.92. The highest BCUT2D eigenvalue weighted by Gasteiger charge is 2.12. The molecule has 2 nitrogen and oxygen atoms in total. The van der Waals surface area contributed by atoms with E-state index < -0.39 is 11.6 Å². The van der Waals surface area contributed by atoms with Gasteiger partial charge in [0.1, 0.15) is 0 Å². The summed E-state index contributed by atoms with van der Waals surface area (Å²) in [5, 5.41) is 8.85. The number of pyridine rings is 1. The Hall–Kier alpha value is -2.28. The van der Waals surface area contributed by atoms with Crippen LogP contribution in [0.1, 0.15) is 5.56 Å². The molecule has 4 heteroatoms. The summed E-state index contributed by atoms with van der Waals surface area (Å²) in [5.74, 6) is -1.91. The van der Waals surface area contributed by atoms with E-state index in [0.29, 0.717) is 5.56 Å². The van der Waals surface area contributed by atoms with E-state index in [1.807, 2.05) is 6.07 Å². The smallest absolute Gasteiger partial charge is 0.166 e. The second kappa shape index (κ2) is 4.07.